The minimum atomic E-state index is -0.00535. The Balaban J connectivity index is 3.04. The molecule has 1 amide bonds. The van der Waals surface area contributed by atoms with Crippen LogP contribution >= 0.6 is 0 Å². The van der Waals surface area contributed by atoms with Crippen molar-refractivity contribution in [2.75, 3.05) is 19.3 Å². The molecule has 0 radical (unpaired) electrons. The van der Waals surface area contributed by atoms with E-state index in [1.54, 1.807) is 4.90 Å². The number of aryl methyl sites for hydroxylation is 2. The van der Waals surface area contributed by atoms with E-state index in [9.17, 15) is 4.79 Å². The van der Waals surface area contributed by atoms with Gasteiger partial charge in [0.15, 0.2) is 0 Å². The smallest absolute Gasteiger partial charge is 0.255 e. The number of amides is 1. The van der Waals surface area contributed by atoms with Gasteiger partial charge in [0, 0.05) is 19.3 Å². The Morgan fingerprint density at radius 1 is 1.28 bits per heavy atom. The first-order valence-electron chi connectivity index (χ1n) is 6.24. The normalized spacial score (nSPS) is 11.4. The minimum Gasteiger partial charge on any atom is -0.398 e. The van der Waals surface area contributed by atoms with Gasteiger partial charge in [0.1, 0.15) is 0 Å². The fraction of sp³-hybridized carbons (Fsp3) is 0.533. The first-order valence-corrected chi connectivity index (χ1v) is 6.24. The molecule has 0 aliphatic rings. The van der Waals surface area contributed by atoms with Crippen LogP contribution in [0.1, 0.15) is 42.3 Å². The van der Waals surface area contributed by atoms with Crippen molar-refractivity contribution in [1.29, 1.82) is 0 Å². The standard InChI is InChI=1S/C15H24N2O/c1-10-7-11(2)13(16)12(8-10)14(18)17(6)9-15(3,4)5/h7-8H,9,16H2,1-6H3. The molecule has 1 aromatic carbocycles. The number of nitrogens with zero attached hydrogens (tertiary/aromatic N) is 1. The predicted octanol–water partition coefficient (Wildman–Crippen LogP) is 3.00. The quantitative estimate of drug-likeness (QED) is 0.818. The number of benzene rings is 1. The summed E-state index contributed by atoms with van der Waals surface area (Å²) in [5.41, 5.74) is 9.31. The van der Waals surface area contributed by atoms with Gasteiger partial charge in [0.05, 0.1) is 5.56 Å². The maximum Gasteiger partial charge on any atom is 0.255 e. The van der Waals surface area contributed by atoms with Crippen LogP contribution in [0.4, 0.5) is 5.69 Å². The molecule has 3 heteroatoms. The molecule has 0 spiro atoms. The molecule has 0 saturated heterocycles. The average Bonchev–Trinajstić information content (AvgIpc) is 2.19. The molecular weight excluding hydrogens is 224 g/mol. The number of anilines is 1. The number of carbonyl (C=O) groups excluding carboxylic acids is 1. The zero-order chi connectivity index (χ0) is 14.1. The van der Waals surface area contributed by atoms with Gasteiger partial charge < -0.3 is 10.6 Å². The molecule has 0 bridgehead atoms. The van der Waals surface area contributed by atoms with Gasteiger partial charge in [0.2, 0.25) is 0 Å². The van der Waals surface area contributed by atoms with Crippen molar-refractivity contribution in [3.8, 4) is 0 Å². The molecule has 0 fully saturated rings. The number of nitrogens with two attached hydrogens (primary N) is 1. The van der Waals surface area contributed by atoms with Gasteiger partial charge in [-0.25, -0.2) is 0 Å². The van der Waals surface area contributed by atoms with Crippen molar-refractivity contribution < 1.29 is 4.79 Å². The van der Waals surface area contributed by atoms with E-state index >= 15 is 0 Å². The molecule has 1 aromatic rings. The lowest BCUT2D eigenvalue weighted by molar-refractivity contribution is 0.0746. The number of carbonyl (C=O) groups is 1. The second-order valence-electron chi connectivity index (χ2n) is 6.26. The molecule has 0 unspecified atom stereocenters. The van der Waals surface area contributed by atoms with E-state index in [4.69, 9.17) is 5.73 Å². The molecule has 100 valence electrons. The molecule has 0 atom stereocenters. The van der Waals surface area contributed by atoms with Crippen molar-refractivity contribution in [2.24, 2.45) is 5.41 Å². The Labute approximate surface area is 110 Å². The van der Waals surface area contributed by atoms with Gasteiger partial charge in [-0.3, -0.25) is 4.79 Å². The molecule has 0 aliphatic carbocycles. The molecule has 0 aliphatic heterocycles. The molecule has 0 heterocycles. The Kier molecular flexibility index (Phi) is 4.05. The SMILES string of the molecule is Cc1cc(C)c(N)c(C(=O)N(C)CC(C)(C)C)c1. The van der Waals surface area contributed by atoms with Crippen LogP contribution < -0.4 is 5.73 Å². The predicted molar refractivity (Wildman–Crippen MR) is 76.7 cm³/mol. The van der Waals surface area contributed by atoms with Gasteiger partial charge >= 0.3 is 0 Å². The van der Waals surface area contributed by atoms with Gasteiger partial charge in [-0.1, -0.05) is 26.8 Å². The highest BCUT2D eigenvalue weighted by atomic mass is 16.2. The number of hydrogen-bond acceptors (Lipinski definition) is 2. The summed E-state index contributed by atoms with van der Waals surface area (Å²) in [6.07, 6.45) is 0. The number of nitrogen functional groups attached to an aromatic ring is 1. The zero-order valence-electron chi connectivity index (χ0n) is 12.3. The van der Waals surface area contributed by atoms with Gasteiger partial charge in [0.25, 0.3) is 5.91 Å². The van der Waals surface area contributed by atoms with Crippen molar-refractivity contribution in [3.05, 3.63) is 28.8 Å². The van der Waals surface area contributed by atoms with Gasteiger partial charge in [-0.15, -0.1) is 0 Å². The summed E-state index contributed by atoms with van der Waals surface area (Å²) in [7, 11) is 1.82. The van der Waals surface area contributed by atoms with E-state index in [0.717, 1.165) is 11.1 Å². The number of hydrogen-bond donors (Lipinski definition) is 1. The zero-order valence-corrected chi connectivity index (χ0v) is 12.3. The van der Waals surface area contributed by atoms with E-state index in [1.165, 1.54) is 0 Å². The average molecular weight is 248 g/mol. The second kappa shape index (κ2) is 5.01. The van der Waals surface area contributed by atoms with Gasteiger partial charge in [-0.2, -0.15) is 0 Å². The van der Waals surface area contributed by atoms with E-state index in [1.807, 2.05) is 33.0 Å². The van der Waals surface area contributed by atoms with Crippen LogP contribution in [-0.2, 0) is 0 Å². The van der Waals surface area contributed by atoms with Crippen LogP contribution in [0, 0.1) is 19.3 Å². The maximum absolute atomic E-state index is 12.4. The van der Waals surface area contributed by atoms with Crippen LogP contribution in [-0.4, -0.2) is 24.4 Å². The lowest BCUT2D eigenvalue weighted by Gasteiger charge is -2.27. The fourth-order valence-corrected chi connectivity index (χ4v) is 2.14. The lowest BCUT2D eigenvalue weighted by atomic mass is 9.95. The highest BCUT2D eigenvalue weighted by Gasteiger charge is 2.21. The third-order valence-electron chi connectivity index (χ3n) is 2.82. The molecular formula is C15H24N2O. The lowest BCUT2D eigenvalue weighted by Crippen LogP contribution is -2.35. The molecule has 0 aromatic heterocycles. The van der Waals surface area contributed by atoms with Gasteiger partial charge in [-0.05, 0) is 36.5 Å². The van der Waals surface area contributed by atoms with Crippen LogP contribution in [0.5, 0.6) is 0 Å². The van der Waals surface area contributed by atoms with Crippen LogP contribution in [0.15, 0.2) is 12.1 Å². The first-order chi connectivity index (χ1) is 8.11. The van der Waals surface area contributed by atoms with E-state index in [-0.39, 0.29) is 11.3 Å². The Bertz CT molecular complexity index is 458. The monoisotopic (exact) mass is 248 g/mol. The molecule has 18 heavy (non-hydrogen) atoms. The highest BCUT2D eigenvalue weighted by Crippen LogP contribution is 2.22. The Morgan fingerprint density at radius 3 is 2.33 bits per heavy atom. The highest BCUT2D eigenvalue weighted by molar-refractivity contribution is 5.99. The Hall–Kier alpha value is -1.51. The van der Waals surface area contributed by atoms with Crippen molar-refractivity contribution in [1.82, 2.24) is 4.90 Å². The third kappa shape index (κ3) is 3.49. The summed E-state index contributed by atoms with van der Waals surface area (Å²) >= 11 is 0. The third-order valence-corrected chi connectivity index (χ3v) is 2.82. The van der Waals surface area contributed by atoms with Crippen molar-refractivity contribution >= 4 is 11.6 Å². The van der Waals surface area contributed by atoms with Crippen molar-refractivity contribution in [2.45, 2.75) is 34.6 Å². The summed E-state index contributed by atoms with van der Waals surface area (Å²) in [5.74, 6) is -0.00535. The molecule has 1 rings (SSSR count). The largest absolute Gasteiger partial charge is 0.398 e. The number of rotatable bonds is 2. The maximum atomic E-state index is 12.4. The van der Waals surface area contributed by atoms with Crippen LogP contribution in [0.25, 0.3) is 0 Å². The summed E-state index contributed by atoms with van der Waals surface area (Å²) in [6.45, 7) is 11.0. The topological polar surface area (TPSA) is 46.3 Å². The molecule has 3 nitrogen and oxygen atoms in total. The Morgan fingerprint density at radius 2 is 1.83 bits per heavy atom. The fourth-order valence-electron chi connectivity index (χ4n) is 2.14. The van der Waals surface area contributed by atoms with E-state index in [2.05, 4.69) is 20.8 Å². The second-order valence-corrected chi connectivity index (χ2v) is 6.26. The molecule has 0 saturated carbocycles. The minimum absolute atomic E-state index is 0.00535. The van der Waals surface area contributed by atoms with Crippen molar-refractivity contribution in [3.63, 3.8) is 0 Å². The first kappa shape index (κ1) is 14.6. The van der Waals surface area contributed by atoms with Crippen LogP contribution in [0.2, 0.25) is 0 Å². The summed E-state index contributed by atoms with van der Waals surface area (Å²) in [4.78, 5) is 14.1. The van der Waals surface area contributed by atoms with E-state index in [0.29, 0.717) is 17.8 Å². The van der Waals surface area contributed by atoms with E-state index < -0.39 is 0 Å². The summed E-state index contributed by atoms with van der Waals surface area (Å²) < 4.78 is 0. The molecule has 2 N–H and O–H groups in total. The summed E-state index contributed by atoms with van der Waals surface area (Å²) in [6, 6.07) is 3.86. The van der Waals surface area contributed by atoms with Crippen LogP contribution in [0.3, 0.4) is 0 Å². The summed E-state index contributed by atoms with van der Waals surface area (Å²) in [5, 5.41) is 0.